The Hall–Kier alpha value is -2.46. The predicted octanol–water partition coefficient (Wildman–Crippen LogP) is 3.88. The molecule has 1 aliphatic heterocycles. The molecule has 0 N–H and O–H groups in total. The third kappa shape index (κ3) is 4.50. The summed E-state index contributed by atoms with van der Waals surface area (Å²) in [5.74, 6) is 0.748. The van der Waals surface area contributed by atoms with Crippen molar-refractivity contribution < 1.29 is 14.3 Å². The Bertz CT molecular complexity index is 659. The van der Waals surface area contributed by atoms with Gasteiger partial charge in [-0.3, -0.25) is 9.78 Å². The molecule has 0 saturated carbocycles. The van der Waals surface area contributed by atoms with Crippen LogP contribution in [0.5, 0.6) is 5.75 Å². The topological polar surface area (TPSA) is 48.4 Å². The monoisotopic (exact) mass is 309 g/mol. The number of carbonyl (C=O) groups is 1. The van der Waals surface area contributed by atoms with E-state index in [0.717, 1.165) is 37.2 Å². The number of rotatable bonds is 5. The molecule has 0 spiro atoms. The zero-order chi connectivity index (χ0) is 15.9. The highest BCUT2D eigenvalue weighted by Crippen LogP contribution is 2.20. The van der Waals surface area contributed by atoms with Crippen molar-refractivity contribution in [2.75, 3.05) is 6.61 Å². The van der Waals surface area contributed by atoms with Gasteiger partial charge in [0.2, 0.25) is 0 Å². The second kappa shape index (κ2) is 7.70. The lowest BCUT2D eigenvalue weighted by atomic mass is 10.1. The highest BCUT2D eigenvalue weighted by molar-refractivity contribution is 6.06. The van der Waals surface area contributed by atoms with Crippen LogP contribution >= 0.6 is 0 Å². The first-order chi connectivity index (χ1) is 11.3. The number of pyridine rings is 1. The first-order valence-electron chi connectivity index (χ1n) is 7.82. The maximum Gasteiger partial charge on any atom is 0.199 e. The van der Waals surface area contributed by atoms with Crippen molar-refractivity contribution in [2.45, 2.75) is 25.6 Å². The van der Waals surface area contributed by atoms with Crippen molar-refractivity contribution in [1.82, 2.24) is 4.98 Å². The van der Waals surface area contributed by atoms with Crippen LogP contribution in [-0.4, -0.2) is 23.7 Å². The maximum absolute atomic E-state index is 12.0. The summed E-state index contributed by atoms with van der Waals surface area (Å²) < 4.78 is 11.3. The number of nitrogens with zero attached hydrogens (tertiary/aromatic N) is 1. The molecule has 0 amide bonds. The molecule has 0 bridgehead atoms. The molecule has 1 aromatic carbocycles. The van der Waals surface area contributed by atoms with Crippen molar-refractivity contribution >= 4 is 11.9 Å². The minimum atomic E-state index is -0.140. The van der Waals surface area contributed by atoms with Crippen LogP contribution in [0, 0.1) is 0 Å². The Morgan fingerprint density at radius 2 is 1.91 bits per heavy atom. The Labute approximate surface area is 135 Å². The second-order valence-corrected chi connectivity index (χ2v) is 5.42. The molecule has 1 aliphatic rings. The number of ether oxygens (including phenoxy) is 2. The fraction of sp³-hybridized carbons (Fsp3) is 0.263. The number of carbonyl (C=O) groups excluding carboxylic acids is 1. The van der Waals surface area contributed by atoms with Crippen LogP contribution in [-0.2, 0) is 4.74 Å². The van der Waals surface area contributed by atoms with Gasteiger partial charge in [0, 0.05) is 24.4 Å². The van der Waals surface area contributed by atoms with E-state index in [1.165, 1.54) is 0 Å². The van der Waals surface area contributed by atoms with E-state index in [2.05, 4.69) is 4.98 Å². The number of hydrogen-bond donors (Lipinski definition) is 0. The molecular formula is C19H19NO3. The van der Waals surface area contributed by atoms with E-state index in [4.69, 9.17) is 9.47 Å². The van der Waals surface area contributed by atoms with Gasteiger partial charge < -0.3 is 9.47 Å². The zero-order valence-corrected chi connectivity index (χ0v) is 12.9. The van der Waals surface area contributed by atoms with Crippen molar-refractivity contribution in [3.05, 3.63) is 66.0 Å². The first kappa shape index (κ1) is 15.4. The van der Waals surface area contributed by atoms with Crippen molar-refractivity contribution in [3.8, 4) is 5.75 Å². The molecule has 1 saturated heterocycles. The van der Waals surface area contributed by atoms with Crippen molar-refractivity contribution in [2.24, 2.45) is 0 Å². The van der Waals surface area contributed by atoms with Gasteiger partial charge in [-0.2, -0.15) is 0 Å². The number of aromatic nitrogens is 1. The van der Waals surface area contributed by atoms with E-state index in [-0.39, 0.29) is 12.1 Å². The van der Waals surface area contributed by atoms with Crippen molar-refractivity contribution in [1.29, 1.82) is 0 Å². The number of ketones is 1. The molecule has 23 heavy (non-hydrogen) atoms. The highest BCUT2D eigenvalue weighted by atomic mass is 16.7. The van der Waals surface area contributed by atoms with Gasteiger partial charge in [0.1, 0.15) is 5.75 Å². The molecule has 118 valence electrons. The maximum atomic E-state index is 12.0. The van der Waals surface area contributed by atoms with Crippen LogP contribution in [0.15, 0.2) is 54.9 Å². The predicted molar refractivity (Wildman–Crippen MR) is 88.3 cm³/mol. The fourth-order valence-electron chi connectivity index (χ4n) is 2.40. The van der Waals surface area contributed by atoms with Gasteiger partial charge in [-0.1, -0.05) is 18.2 Å². The lowest BCUT2D eigenvalue weighted by Crippen LogP contribution is -2.24. The normalized spacial score (nSPS) is 18.0. The Kier molecular flexibility index (Phi) is 5.17. The average Bonchev–Trinajstić information content (AvgIpc) is 2.62. The summed E-state index contributed by atoms with van der Waals surface area (Å²) in [7, 11) is 0. The minimum Gasteiger partial charge on any atom is -0.465 e. The molecule has 1 fully saturated rings. The van der Waals surface area contributed by atoms with Crippen LogP contribution in [0.1, 0.15) is 35.2 Å². The van der Waals surface area contributed by atoms with E-state index in [0.29, 0.717) is 5.56 Å². The number of benzene rings is 1. The van der Waals surface area contributed by atoms with Crippen LogP contribution in [0.25, 0.3) is 6.08 Å². The SMILES string of the molecule is O=C(C=Cc1ccc(OC2CCCCO2)cc1)c1ccncc1. The summed E-state index contributed by atoms with van der Waals surface area (Å²) in [6, 6.07) is 11.0. The van der Waals surface area contributed by atoms with E-state index < -0.39 is 0 Å². The van der Waals surface area contributed by atoms with Gasteiger partial charge in [-0.15, -0.1) is 0 Å². The lowest BCUT2D eigenvalue weighted by molar-refractivity contribution is -0.105. The van der Waals surface area contributed by atoms with Crippen LogP contribution < -0.4 is 4.74 Å². The smallest absolute Gasteiger partial charge is 0.199 e. The Balaban J connectivity index is 1.58. The standard InChI is InChI=1S/C19H19NO3/c21-18(16-10-12-20-13-11-16)9-6-15-4-7-17(8-5-15)23-19-3-1-2-14-22-19/h4-13,19H,1-3,14H2. The molecule has 2 heterocycles. The summed E-state index contributed by atoms with van der Waals surface area (Å²) in [5.41, 5.74) is 1.58. The third-order valence-corrected chi connectivity index (χ3v) is 3.68. The van der Waals surface area contributed by atoms with Gasteiger partial charge in [-0.25, -0.2) is 0 Å². The lowest BCUT2D eigenvalue weighted by Gasteiger charge is -2.23. The largest absolute Gasteiger partial charge is 0.465 e. The molecule has 2 aromatic rings. The minimum absolute atomic E-state index is 0.0386. The number of hydrogen-bond acceptors (Lipinski definition) is 4. The highest BCUT2D eigenvalue weighted by Gasteiger charge is 2.14. The quantitative estimate of drug-likeness (QED) is 0.621. The summed E-state index contributed by atoms with van der Waals surface area (Å²) >= 11 is 0. The molecule has 1 unspecified atom stereocenters. The number of allylic oxidation sites excluding steroid dienone is 1. The fourth-order valence-corrected chi connectivity index (χ4v) is 2.40. The molecular weight excluding hydrogens is 290 g/mol. The first-order valence-corrected chi connectivity index (χ1v) is 7.82. The van der Waals surface area contributed by atoms with Gasteiger partial charge in [0.25, 0.3) is 0 Å². The molecule has 0 aliphatic carbocycles. The molecule has 3 rings (SSSR count). The van der Waals surface area contributed by atoms with Gasteiger partial charge >= 0.3 is 0 Å². The van der Waals surface area contributed by atoms with Gasteiger partial charge in [0.15, 0.2) is 12.1 Å². The molecule has 4 heteroatoms. The van der Waals surface area contributed by atoms with Crippen molar-refractivity contribution in [3.63, 3.8) is 0 Å². The van der Waals surface area contributed by atoms with E-state index in [1.54, 1.807) is 36.7 Å². The molecule has 0 radical (unpaired) electrons. The zero-order valence-electron chi connectivity index (χ0n) is 12.9. The van der Waals surface area contributed by atoms with Gasteiger partial charge in [0.05, 0.1) is 6.61 Å². The van der Waals surface area contributed by atoms with Crippen LogP contribution in [0.2, 0.25) is 0 Å². The second-order valence-electron chi connectivity index (χ2n) is 5.42. The molecule has 1 aromatic heterocycles. The summed E-state index contributed by atoms with van der Waals surface area (Å²) in [5, 5.41) is 0. The van der Waals surface area contributed by atoms with E-state index in [1.807, 2.05) is 24.3 Å². The van der Waals surface area contributed by atoms with E-state index in [9.17, 15) is 4.79 Å². The summed E-state index contributed by atoms with van der Waals surface area (Å²) in [4.78, 5) is 15.9. The van der Waals surface area contributed by atoms with Crippen LogP contribution in [0.3, 0.4) is 0 Å². The Morgan fingerprint density at radius 1 is 1.13 bits per heavy atom. The molecule has 4 nitrogen and oxygen atoms in total. The van der Waals surface area contributed by atoms with E-state index >= 15 is 0 Å². The summed E-state index contributed by atoms with van der Waals surface area (Å²) in [6.45, 7) is 0.766. The average molecular weight is 309 g/mol. The van der Waals surface area contributed by atoms with Gasteiger partial charge in [-0.05, 0) is 48.7 Å². The van der Waals surface area contributed by atoms with Crippen LogP contribution in [0.4, 0.5) is 0 Å². The third-order valence-electron chi connectivity index (χ3n) is 3.68. The summed E-state index contributed by atoms with van der Waals surface area (Å²) in [6.07, 6.45) is 9.62. The Morgan fingerprint density at radius 3 is 2.61 bits per heavy atom. The molecule has 1 atom stereocenters.